The van der Waals surface area contributed by atoms with E-state index in [4.69, 9.17) is 43.2 Å². The molecule has 11 rings (SSSR count). The average Bonchev–Trinajstić information content (AvgIpc) is 3.21. The minimum absolute atomic E-state index is 0.130. The number of rotatable bonds is 5. The summed E-state index contributed by atoms with van der Waals surface area (Å²) in [6.45, 7) is 13.5. The summed E-state index contributed by atoms with van der Waals surface area (Å²) in [7, 11) is 0. The van der Waals surface area contributed by atoms with Crippen molar-refractivity contribution in [2.75, 3.05) is 6.61 Å². The van der Waals surface area contributed by atoms with Crippen LogP contribution in [0.4, 0.5) is 0 Å². The Hall–Kier alpha value is -1.22. The van der Waals surface area contributed by atoms with E-state index in [0.717, 1.165) is 57.1 Å². The van der Waals surface area contributed by atoms with Gasteiger partial charge in [-0.1, -0.05) is 32.9 Å². The predicted molar refractivity (Wildman–Crippen MR) is 159 cm³/mol. The molecule has 0 aromatic carbocycles. The lowest BCUT2D eigenvalue weighted by molar-refractivity contribution is -0.577. The van der Waals surface area contributed by atoms with Crippen molar-refractivity contribution < 1.29 is 43.2 Å². The lowest BCUT2D eigenvalue weighted by atomic mass is 9.58. The highest BCUT2D eigenvalue weighted by molar-refractivity contribution is 5.11. The van der Waals surface area contributed by atoms with Gasteiger partial charge in [-0.05, 0) is 76.0 Å². The van der Waals surface area contributed by atoms with Crippen molar-refractivity contribution in [2.45, 2.75) is 147 Å². The minimum atomic E-state index is -0.805. The molecule has 16 atom stereocenters. The first kappa shape index (κ1) is 30.8. The van der Waals surface area contributed by atoms with Gasteiger partial charge in [0.05, 0.1) is 18.5 Å². The van der Waals surface area contributed by atoms with E-state index in [1.54, 1.807) is 0 Å². The molecule has 256 valence electrons. The molecule has 0 N–H and O–H groups in total. The molecule has 10 aliphatic rings. The van der Waals surface area contributed by atoms with Gasteiger partial charge in [-0.3, -0.25) is 0 Å². The first-order chi connectivity index (χ1) is 22.1. The quantitative estimate of drug-likeness (QED) is 0.382. The third kappa shape index (κ3) is 4.30. The fraction of sp³-hybridized carbons (Fsp3) is 0.941. The largest absolute Gasteiger partial charge is 0.352 e. The maximum atomic E-state index is 6.75. The molecular formula is C34H51N3O9. The number of fused-ring (bicyclic) bond motifs is 4. The summed E-state index contributed by atoms with van der Waals surface area (Å²) in [5.74, 6) is 0.839. The second-order valence-corrected chi connectivity index (χ2v) is 16.4. The van der Waals surface area contributed by atoms with Crippen molar-refractivity contribution in [3.05, 3.63) is 11.9 Å². The highest BCUT2D eigenvalue weighted by Gasteiger charge is 2.71. The van der Waals surface area contributed by atoms with Gasteiger partial charge in [0.1, 0.15) is 0 Å². The standard InChI is InChI=1S/C34H51N3O9/c1-18-7-9-25-20(3)27(39-29-33(25)23(18)11-14-31(5,41-29)43-45-33)37-17-22(35-36-37)13-16-38-28-21(4)26-10-8-19(2)24-12-15-32(6)42-30(40-28)34(24,26)46-44-32/h17-21,23-30H,7-16H2,1-6H3/t18-,19-,20-,21-,23+,24+,25+,26+,27?,28-,29-,30-,31+,32+,33-,34-/m1/s1. The lowest BCUT2D eigenvalue weighted by Crippen LogP contribution is -2.70. The zero-order valence-electron chi connectivity index (χ0n) is 28.1. The molecule has 1 unspecified atom stereocenters. The van der Waals surface area contributed by atoms with Crippen molar-refractivity contribution in [2.24, 2.45) is 47.3 Å². The molecule has 10 fully saturated rings. The van der Waals surface area contributed by atoms with E-state index >= 15 is 0 Å². The van der Waals surface area contributed by atoms with E-state index in [2.05, 4.69) is 38.0 Å². The summed E-state index contributed by atoms with van der Waals surface area (Å²) >= 11 is 0. The maximum absolute atomic E-state index is 6.75. The van der Waals surface area contributed by atoms with Gasteiger partial charge in [0.2, 0.25) is 11.6 Å². The molecule has 9 heterocycles. The van der Waals surface area contributed by atoms with Gasteiger partial charge in [-0.25, -0.2) is 24.2 Å². The van der Waals surface area contributed by atoms with Crippen molar-refractivity contribution >= 4 is 0 Å². The second kappa shape index (κ2) is 10.6. The van der Waals surface area contributed by atoms with Crippen molar-refractivity contribution in [3.63, 3.8) is 0 Å². The van der Waals surface area contributed by atoms with Gasteiger partial charge in [0.25, 0.3) is 0 Å². The Bertz CT molecular complexity index is 1330. The van der Waals surface area contributed by atoms with Crippen LogP contribution in [0.1, 0.15) is 105 Å². The van der Waals surface area contributed by atoms with Crippen LogP contribution in [0, 0.1) is 47.3 Å². The van der Waals surface area contributed by atoms with Crippen LogP contribution in [0.3, 0.4) is 0 Å². The van der Waals surface area contributed by atoms with Crippen LogP contribution in [-0.2, 0) is 49.7 Å². The fourth-order valence-electron chi connectivity index (χ4n) is 11.1. The van der Waals surface area contributed by atoms with Crippen LogP contribution in [0.2, 0.25) is 0 Å². The first-order valence-corrected chi connectivity index (χ1v) is 18.0. The normalized spacial score (nSPS) is 55.7. The number of nitrogens with zero attached hydrogens (tertiary/aromatic N) is 3. The van der Waals surface area contributed by atoms with E-state index in [0.29, 0.717) is 36.7 Å². The van der Waals surface area contributed by atoms with E-state index in [1.165, 1.54) is 0 Å². The van der Waals surface area contributed by atoms with E-state index in [9.17, 15) is 0 Å². The van der Waals surface area contributed by atoms with E-state index in [-0.39, 0.29) is 29.9 Å². The van der Waals surface area contributed by atoms with Gasteiger partial charge in [-0.15, -0.1) is 5.10 Å². The summed E-state index contributed by atoms with van der Waals surface area (Å²) in [6.07, 6.45) is 8.87. The summed E-state index contributed by atoms with van der Waals surface area (Å²) in [6, 6.07) is 0. The Labute approximate surface area is 271 Å². The number of aromatic nitrogens is 3. The van der Waals surface area contributed by atoms with E-state index < -0.39 is 41.6 Å². The summed E-state index contributed by atoms with van der Waals surface area (Å²) < 4.78 is 34.7. The topological polar surface area (TPSA) is 114 Å². The van der Waals surface area contributed by atoms with Crippen molar-refractivity contribution in [1.29, 1.82) is 0 Å². The maximum Gasteiger partial charge on any atom is 0.201 e. The highest BCUT2D eigenvalue weighted by atomic mass is 17.3. The Kier molecular flexibility index (Phi) is 7.13. The molecule has 0 amide bonds. The van der Waals surface area contributed by atoms with Gasteiger partial charge in [0, 0.05) is 42.9 Å². The first-order valence-electron chi connectivity index (χ1n) is 18.0. The van der Waals surface area contributed by atoms with Gasteiger partial charge in [0.15, 0.2) is 36.3 Å². The van der Waals surface area contributed by atoms with Crippen LogP contribution >= 0.6 is 0 Å². The summed E-state index contributed by atoms with van der Waals surface area (Å²) in [4.78, 5) is 24.5. The molecule has 12 heteroatoms. The lowest BCUT2D eigenvalue weighted by Gasteiger charge is -2.60. The molecular weight excluding hydrogens is 594 g/mol. The smallest absolute Gasteiger partial charge is 0.201 e. The number of hydrogen-bond acceptors (Lipinski definition) is 11. The molecule has 2 spiro atoms. The van der Waals surface area contributed by atoms with Gasteiger partial charge < -0.3 is 23.7 Å². The molecule has 12 nitrogen and oxygen atoms in total. The third-order valence-corrected chi connectivity index (χ3v) is 13.7. The van der Waals surface area contributed by atoms with Crippen molar-refractivity contribution in [3.8, 4) is 0 Å². The third-order valence-electron chi connectivity index (χ3n) is 13.7. The summed E-state index contributed by atoms with van der Waals surface area (Å²) in [5, 5.41) is 9.08. The SMILES string of the molecule is C[C@H]1[C@H](OCCc2cn(C3O[C@@H]4O[C@]5(C)CC[C@H]6[C@H](C)CC[C@@H]([C@H]3C)[C@@]46OO5)nn2)O[C@@H]2O[C@]3(C)CC[C@H]4[C@H](C)CC[C@@H]1[C@@]24OO3. The Morgan fingerprint density at radius 1 is 0.739 bits per heavy atom. The molecule has 0 radical (unpaired) electrons. The highest BCUT2D eigenvalue weighted by Crippen LogP contribution is 2.63. The van der Waals surface area contributed by atoms with Crippen LogP contribution in [0.5, 0.6) is 0 Å². The predicted octanol–water partition coefficient (Wildman–Crippen LogP) is 5.43. The fourth-order valence-corrected chi connectivity index (χ4v) is 11.1. The molecule has 1 aromatic heterocycles. The summed E-state index contributed by atoms with van der Waals surface area (Å²) in [5.41, 5.74) is -0.334. The monoisotopic (exact) mass is 645 g/mol. The molecule has 2 saturated carbocycles. The van der Waals surface area contributed by atoms with Crippen LogP contribution in [0.15, 0.2) is 6.20 Å². The van der Waals surface area contributed by atoms with Crippen LogP contribution < -0.4 is 0 Å². The molecule has 8 saturated heterocycles. The molecule has 2 aliphatic carbocycles. The number of hydrogen-bond donors (Lipinski definition) is 0. The Morgan fingerprint density at radius 3 is 1.96 bits per heavy atom. The zero-order chi connectivity index (χ0) is 31.6. The Morgan fingerprint density at radius 2 is 1.33 bits per heavy atom. The molecule has 46 heavy (non-hydrogen) atoms. The minimum Gasteiger partial charge on any atom is -0.352 e. The second-order valence-electron chi connectivity index (χ2n) is 16.4. The molecule has 1 aromatic rings. The molecule has 4 bridgehead atoms. The van der Waals surface area contributed by atoms with Gasteiger partial charge in [-0.2, -0.15) is 0 Å². The van der Waals surface area contributed by atoms with E-state index in [1.807, 2.05) is 24.7 Å². The average molecular weight is 646 g/mol. The van der Waals surface area contributed by atoms with Crippen LogP contribution in [0.25, 0.3) is 0 Å². The molecule has 8 aliphatic heterocycles. The van der Waals surface area contributed by atoms with Gasteiger partial charge >= 0.3 is 0 Å². The Balaban J connectivity index is 0.887. The zero-order valence-corrected chi connectivity index (χ0v) is 28.1. The van der Waals surface area contributed by atoms with Crippen LogP contribution in [-0.4, -0.2) is 63.2 Å². The van der Waals surface area contributed by atoms with Crippen molar-refractivity contribution in [1.82, 2.24) is 15.0 Å². The number of ether oxygens (including phenoxy) is 5.